The zero-order chi connectivity index (χ0) is 11.1. The predicted octanol–water partition coefficient (Wildman–Crippen LogP) is 3.79. The zero-order valence-corrected chi connectivity index (χ0v) is 10.2. The largest absolute Gasteiger partial charge is 0.261 e. The van der Waals surface area contributed by atoms with Gasteiger partial charge in [0.2, 0.25) is 0 Å². The summed E-state index contributed by atoms with van der Waals surface area (Å²) >= 11 is 1.78. The molecule has 2 rings (SSSR count). The summed E-state index contributed by atoms with van der Waals surface area (Å²) in [5.74, 6) is 0. The van der Waals surface area contributed by atoms with Gasteiger partial charge >= 0.3 is 0 Å². The Morgan fingerprint density at radius 2 is 2.00 bits per heavy atom. The van der Waals surface area contributed by atoms with Crippen LogP contribution in [0.3, 0.4) is 0 Å². The van der Waals surface area contributed by atoms with E-state index in [0.29, 0.717) is 0 Å². The summed E-state index contributed by atoms with van der Waals surface area (Å²) in [4.78, 5) is 10.9. The van der Waals surface area contributed by atoms with Crippen molar-refractivity contribution in [3.63, 3.8) is 0 Å². The third-order valence-corrected chi connectivity index (χ3v) is 3.08. The molecule has 3 heteroatoms. The van der Waals surface area contributed by atoms with E-state index in [1.165, 1.54) is 9.75 Å². The highest BCUT2D eigenvalue weighted by atomic mass is 32.1. The van der Waals surface area contributed by atoms with Crippen molar-refractivity contribution in [3.05, 3.63) is 35.6 Å². The highest BCUT2D eigenvalue weighted by Gasteiger charge is 2.01. The van der Waals surface area contributed by atoms with Crippen LogP contribution < -0.4 is 0 Å². The fraction of sp³-hybridized carbons (Fsp3) is 0.333. The molecule has 2 nitrogen and oxygen atoms in total. The molecule has 0 bridgehead atoms. The van der Waals surface area contributed by atoms with Crippen molar-refractivity contribution in [2.75, 3.05) is 0 Å². The van der Waals surface area contributed by atoms with Gasteiger partial charge in [0.15, 0.2) is 0 Å². The van der Waals surface area contributed by atoms with E-state index in [2.05, 4.69) is 29.0 Å². The minimum absolute atomic E-state index is 0.965. The lowest BCUT2D eigenvalue weighted by Crippen LogP contribution is -1.79. The summed E-state index contributed by atoms with van der Waals surface area (Å²) in [6, 6.07) is 4.25. The van der Waals surface area contributed by atoms with Crippen molar-refractivity contribution in [1.82, 2.24) is 9.97 Å². The van der Waals surface area contributed by atoms with Crippen LogP contribution in [-0.2, 0) is 6.42 Å². The Balaban J connectivity index is 0.000000531. The molecule has 0 N–H and O–H groups in total. The zero-order valence-electron chi connectivity index (χ0n) is 9.40. The minimum atomic E-state index is 0.965. The molecule has 0 aliphatic rings. The summed E-state index contributed by atoms with van der Waals surface area (Å²) in [5.41, 5.74) is 0.965. The Bertz CT molecular complexity index is 382. The van der Waals surface area contributed by atoms with Gasteiger partial charge < -0.3 is 0 Å². The van der Waals surface area contributed by atoms with E-state index in [-0.39, 0.29) is 0 Å². The van der Waals surface area contributed by atoms with Gasteiger partial charge in [-0.1, -0.05) is 20.8 Å². The highest BCUT2D eigenvalue weighted by Crippen LogP contribution is 2.25. The number of rotatable bonds is 2. The molecular formula is C12H16N2S. The minimum Gasteiger partial charge on any atom is -0.261 e. The van der Waals surface area contributed by atoms with Gasteiger partial charge in [0.25, 0.3) is 0 Å². The molecule has 0 fully saturated rings. The van der Waals surface area contributed by atoms with Crippen LogP contribution in [0.4, 0.5) is 0 Å². The van der Waals surface area contributed by atoms with Gasteiger partial charge in [-0.2, -0.15) is 0 Å². The molecular weight excluding hydrogens is 204 g/mol. The van der Waals surface area contributed by atoms with Gasteiger partial charge in [-0.3, -0.25) is 9.97 Å². The Hall–Kier alpha value is -1.22. The molecule has 80 valence electrons. The predicted molar refractivity (Wildman–Crippen MR) is 66.1 cm³/mol. The number of aryl methyl sites for hydroxylation is 1. The Morgan fingerprint density at radius 3 is 2.53 bits per heavy atom. The average Bonchev–Trinajstić information content (AvgIpc) is 2.81. The first kappa shape index (κ1) is 11.9. The summed E-state index contributed by atoms with van der Waals surface area (Å²) in [7, 11) is 0. The topological polar surface area (TPSA) is 25.8 Å². The van der Waals surface area contributed by atoms with Crippen LogP contribution in [0.15, 0.2) is 30.7 Å². The van der Waals surface area contributed by atoms with E-state index in [0.717, 1.165) is 12.1 Å². The van der Waals surface area contributed by atoms with Gasteiger partial charge in [0.1, 0.15) is 0 Å². The number of nitrogens with zero attached hydrogens (tertiary/aromatic N) is 2. The number of thiophene rings is 1. The molecule has 0 spiro atoms. The van der Waals surface area contributed by atoms with E-state index >= 15 is 0 Å². The SMILES string of the molecule is CC.CCc1ccc(-c2cnccn2)s1. The lowest BCUT2D eigenvalue weighted by atomic mass is 10.3. The molecule has 15 heavy (non-hydrogen) atoms. The van der Waals surface area contributed by atoms with Crippen molar-refractivity contribution in [2.24, 2.45) is 0 Å². The van der Waals surface area contributed by atoms with Gasteiger partial charge in [-0.15, -0.1) is 11.3 Å². The fourth-order valence-corrected chi connectivity index (χ4v) is 2.04. The monoisotopic (exact) mass is 220 g/mol. The lowest BCUT2D eigenvalue weighted by molar-refractivity contribution is 1.19. The second kappa shape index (κ2) is 6.30. The maximum Gasteiger partial charge on any atom is 0.0984 e. The van der Waals surface area contributed by atoms with Crippen LogP contribution in [0, 0.1) is 0 Å². The summed E-state index contributed by atoms with van der Waals surface area (Å²) < 4.78 is 0. The van der Waals surface area contributed by atoms with Crippen molar-refractivity contribution >= 4 is 11.3 Å². The van der Waals surface area contributed by atoms with Crippen molar-refractivity contribution < 1.29 is 0 Å². The highest BCUT2D eigenvalue weighted by molar-refractivity contribution is 7.15. The average molecular weight is 220 g/mol. The lowest BCUT2D eigenvalue weighted by Gasteiger charge is -1.92. The first-order valence-electron chi connectivity index (χ1n) is 5.25. The molecule has 2 aromatic heterocycles. The second-order valence-corrected chi connectivity index (χ2v) is 3.88. The Kier molecular flexibility index (Phi) is 4.98. The van der Waals surface area contributed by atoms with Crippen LogP contribution in [0.2, 0.25) is 0 Å². The molecule has 0 aromatic carbocycles. The van der Waals surface area contributed by atoms with Crippen LogP contribution in [-0.4, -0.2) is 9.97 Å². The molecule has 2 heterocycles. The standard InChI is InChI=1S/C10H10N2S.C2H6/c1-2-8-3-4-10(13-8)9-7-11-5-6-12-9;1-2/h3-7H,2H2,1H3;1-2H3. The van der Waals surface area contributed by atoms with Crippen molar-refractivity contribution in [3.8, 4) is 10.6 Å². The molecule has 0 aliphatic carbocycles. The maximum atomic E-state index is 4.24. The van der Waals surface area contributed by atoms with E-state index < -0.39 is 0 Å². The van der Waals surface area contributed by atoms with E-state index in [9.17, 15) is 0 Å². The van der Waals surface area contributed by atoms with Gasteiger partial charge in [-0.05, 0) is 18.6 Å². The van der Waals surface area contributed by atoms with Crippen LogP contribution in [0.1, 0.15) is 25.6 Å². The van der Waals surface area contributed by atoms with Gasteiger partial charge in [-0.25, -0.2) is 0 Å². The number of hydrogen-bond donors (Lipinski definition) is 0. The molecule has 0 unspecified atom stereocenters. The van der Waals surface area contributed by atoms with E-state index in [1.807, 2.05) is 13.8 Å². The molecule has 0 saturated carbocycles. The second-order valence-electron chi connectivity index (χ2n) is 2.71. The van der Waals surface area contributed by atoms with Crippen molar-refractivity contribution in [1.29, 1.82) is 0 Å². The van der Waals surface area contributed by atoms with Crippen molar-refractivity contribution in [2.45, 2.75) is 27.2 Å². The van der Waals surface area contributed by atoms with Crippen LogP contribution in [0.5, 0.6) is 0 Å². The smallest absolute Gasteiger partial charge is 0.0984 e. The third-order valence-electron chi connectivity index (χ3n) is 1.83. The van der Waals surface area contributed by atoms with E-state index in [4.69, 9.17) is 0 Å². The van der Waals surface area contributed by atoms with Crippen LogP contribution in [0.25, 0.3) is 10.6 Å². The Labute approximate surface area is 95.0 Å². The molecule has 0 amide bonds. The number of aromatic nitrogens is 2. The quantitative estimate of drug-likeness (QED) is 0.769. The molecule has 0 aliphatic heterocycles. The fourth-order valence-electron chi connectivity index (χ4n) is 1.13. The third kappa shape index (κ3) is 3.13. The van der Waals surface area contributed by atoms with E-state index in [1.54, 1.807) is 29.9 Å². The van der Waals surface area contributed by atoms with Crippen LogP contribution >= 0.6 is 11.3 Å². The van der Waals surface area contributed by atoms with Gasteiger partial charge in [0, 0.05) is 17.3 Å². The molecule has 0 radical (unpaired) electrons. The first-order chi connectivity index (χ1) is 7.40. The first-order valence-corrected chi connectivity index (χ1v) is 6.07. The maximum absolute atomic E-state index is 4.24. The van der Waals surface area contributed by atoms with Gasteiger partial charge in [0.05, 0.1) is 16.8 Å². The normalized spacial score (nSPS) is 9.27. The summed E-state index contributed by atoms with van der Waals surface area (Å²) in [5, 5.41) is 0. The Morgan fingerprint density at radius 1 is 1.20 bits per heavy atom. The molecule has 2 aromatic rings. The number of hydrogen-bond acceptors (Lipinski definition) is 3. The molecule has 0 saturated heterocycles. The molecule has 0 atom stereocenters. The summed E-state index contributed by atoms with van der Waals surface area (Å²) in [6.45, 7) is 6.16. The summed E-state index contributed by atoms with van der Waals surface area (Å²) in [6.07, 6.45) is 6.30.